The molecule has 0 aromatic heterocycles. The first-order valence-corrected chi connectivity index (χ1v) is 9.74. The summed E-state index contributed by atoms with van der Waals surface area (Å²) in [7, 11) is 0. The number of amides is 2. The van der Waals surface area contributed by atoms with Gasteiger partial charge in [-0.25, -0.2) is 9.82 Å². The van der Waals surface area contributed by atoms with Crippen molar-refractivity contribution in [2.75, 3.05) is 5.32 Å². The molecule has 0 aliphatic rings. The lowest BCUT2D eigenvalue weighted by atomic mass is 10.2. The van der Waals surface area contributed by atoms with E-state index in [9.17, 15) is 24.1 Å². The Hall–Kier alpha value is -4.60. The average molecular weight is 450 g/mol. The van der Waals surface area contributed by atoms with Gasteiger partial charge in [0.15, 0.2) is 5.75 Å². The van der Waals surface area contributed by atoms with E-state index in [0.717, 1.165) is 5.56 Å². The fourth-order valence-corrected chi connectivity index (χ4v) is 2.74. The van der Waals surface area contributed by atoms with E-state index in [1.165, 1.54) is 42.6 Å². The zero-order valence-electron chi connectivity index (χ0n) is 17.2. The number of anilines is 1. The Labute approximate surface area is 188 Å². The minimum atomic E-state index is -0.739. The van der Waals surface area contributed by atoms with Crippen LogP contribution in [0.2, 0.25) is 0 Å². The molecule has 168 valence electrons. The highest BCUT2D eigenvalue weighted by molar-refractivity contribution is 6.03. The Morgan fingerprint density at radius 3 is 2.48 bits per heavy atom. The van der Waals surface area contributed by atoms with Crippen molar-refractivity contribution < 1.29 is 23.6 Å². The van der Waals surface area contributed by atoms with Crippen LogP contribution in [0.15, 0.2) is 77.9 Å². The monoisotopic (exact) mass is 450 g/mol. The minimum Gasteiger partial charge on any atom is -0.482 e. The van der Waals surface area contributed by atoms with E-state index in [1.807, 2.05) is 30.3 Å². The highest BCUT2D eigenvalue weighted by Crippen LogP contribution is 2.28. The van der Waals surface area contributed by atoms with Gasteiger partial charge in [0.1, 0.15) is 18.8 Å². The molecule has 3 rings (SSSR count). The van der Waals surface area contributed by atoms with E-state index in [1.54, 1.807) is 6.07 Å². The van der Waals surface area contributed by atoms with Gasteiger partial charge in [0.25, 0.3) is 0 Å². The molecule has 2 N–H and O–H groups in total. The Morgan fingerprint density at radius 2 is 1.76 bits per heavy atom. The number of para-hydroxylation sites is 1. The summed E-state index contributed by atoms with van der Waals surface area (Å²) in [6.45, 7) is 0.167. The maximum absolute atomic E-state index is 13.5. The maximum atomic E-state index is 13.5. The molecular formula is C23H19FN4O5. The Kier molecular flexibility index (Phi) is 7.79. The van der Waals surface area contributed by atoms with Gasteiger partial charge in [-0.1, -0.05) is 42.5 Å². The van der Waals surface area contributed by atoms with Gasteiger partial charge in [-0.15, -0.1) is 0 Å². The Morgan fingerprint density at radius 1 is 1.03 bits per heavy atom. The van der Waals surface area contributed by atoms with Crippen molar-refractivity contribution in [3.63, 3.8) is 0 Å². The van der Waals surface area contributed by atoms with Crippen molar-refractivity contribution in [1.29, 1.82) is 0 Å². The van der Waals surface area contributed by atoms with Crippen LogP contribution >= 0.6 is 0 Å². The molecule has 0 aliphatic carbocycles. The van der Waals surface area contributed by atoms with Gasteiger partial charge in [-0.3, -0.25) is 19.7 Å². The number of nitrogens with zero attached hydrogens (tertiary/aromatic N) is 2. The Bertz CT molecular complexity index is 1180. The largest absolute Gasteiger partial charge is 0.482 e. The van der Waals surface area contributed by atoms with Crippen LogP contribution < -0.4 is 15.5 Å². The van der Waals surface area contributed by atoms with E-state index in [4.69, 9.17) is 4.74 Å². The number of hydrogen-bond acceptors (Lipinski definition) is 6. The van der Waals surface area contributed by atoms with Crippen molar-refractivity contribution >= 4 is 29.4 Å². The third-order valence-corrected chi connectivity index (χ3v) is 4.29. The number of nitro benzene ring substituents is 1. The lowest BCUT2D eigenvalue weighted by Crippen LogP contribution is -2.24. The van der Waals surface area contributed by atoms with Crippen LogP contribution in [0.3, 0.4) is 0 Å². The molecular weight excluding hydrogens is 431 g/mol. The second-order valence-electron chi connectivity index (χ2n) is 6.76. The first kappa shape index (κ1) is 23.1. The summed E-state index contributed by atoms with van der Waals surface area (Å²) >= 11 is 0. The number of benzene rings is 3. The molecule has 33 heavy (non-hydrogen) atoms. The molecule has 0 unspecified atom stereocenters. The molecule has 2 amide bonds. The summed E-state index contributed by atoms with van der Waals surface area (Å²) < 4.78 is 19.1. The number of hydrazone groups is 1. The number of nitrogens with one attached hydrogen (secondary N) is 2. The van der Waals surface area contributed by atoms with Crippen LogP contribution in [-0.4, -0.2) is 23.0 Å². The van der Waals surface area contributed by atoms with Gasteiger partial charge in [-0.05, 0) is 29.8 Å². The van der Waals surface area contributed by atoms with E-state index in [-0.39, 0.29) is 23.7 Å². The number of hydrogen-bond donors (Lipinski definition) is 2. The zero-order valence-corrected chi connectivity index (χ0v) is 17.2. The fraction of sp³-hybridized carbons (Fsp3) is 0.0870. The van der Waals surface area contributed by atoms with Gasteiger partial charge in [0, 0.05) is 11.6 Å². The number of rotatable bonds is 9. The highest BCUT2D eigenvalue weighted by atomic mass is 19.1. The summed E-state index contributed by atoms with van der Waals surface area (Å²) in [5, 5.41) is 17.4. The lowest BCUT2D eigenvalue weighted by Gasteiger charge is -2.07. The van der Waals surface area contributed by atoms with E-state index < -0.39 is 29.0 Å². The molecule has 9 nitrogen and oxygen atoms in total. The number of halogens is 1. The van der Waals surface area contributed by atoms with E-state index in [2.05, 4.69) is 15.8 Å². The predicted octanol–water partition coefficient (Wildman–Crippen LogP) is 3.79. The third-order valence-electron chi connectivity index (χ3n) is 4.29. The lowest BCUT2D eigenvalue weighted by molar-refractivity contribution is -0.385. The van der Waals surface area contributed by atoms with Crippen LogP contribution in [0.25, 0.3) is 0 Å². The van der Waals surface area contributed by atoms with Crippen molar-refractivity contribution in [2.45, 2.75) is 13.0 Å². The standard InChI is InChI=1S/C23H19FN4O5/c24-18-8-4-5-9-19(18)26-22(29)13-23(30)27-25-14-17-10-11-21(20(12-17)28(31)32)33-15-16-6-2-1-3-7-16/h1-12,14H,13,15H2,(H,26,29)(H,27,30). The molecule has 3 aromatic rings. The number of nitro groups is 1. The minimum absolute atomic E-state index is 0.0410. The summed E-state index contributed by atoms with van der Waals surface area (Å²) in [6, 6.07) is 19.0. The molecule has 0 bridgehead atoms. The van der Waals surface area contributed by atoms with Crippen molar-refractivity contribution in [3.8, 4) is 5.75 Å². The van der Waals surface area contributed by atoms with Crippen molar-refractivity contribution in [2.24, 2.45) is 5.10 Å². The van der Waals surface area contributed by atoms with Crippen LogP contribution in [0, 0.1) is 15.9 Å². The fourth-order valence-electron chi connectivity index (χ4n) is 2.74. The van der Waals surface area contributed by atoms with Gasteiger partial charge < -0.3 is 10.1 Å². The first-order chi connectivity index (χ1) is 15.9. The molecule has 0 heterocycles. The van der Waals surface area contributed by atoms with Gasteiger partial charge in [0.2, 0.25) is 11.8 Å². The molecule has 10 heteroatoms. The van der Waals surface area contributed by atoms with Gasteiger partial charge >= 0.3 is 5.69 Å². The van der Waals surface area contributed by atoms with Gasteiger partial charge in [-0.2, -0.15) is 5.10 Å². The SMILES string of the molecule is O=C(CC(=O)Nc1ccccc1F)NN=Cc1ccc(OCc2ccccc2)c([N+](=O)[O-])c1. The summed E-state index contributed by atoms with van der Waals surface area (Å²) in [5.41, 5.74) is 3.05. The van der Waals surface area contributed by atoms with Crippen molar-refractivity contribution in [3.05, 3.63) is 99.9 Å². The van der Waals surface area contributed by atoms with Crippen LogP contribution in [-0.2, 0) is 16.2 Å². The second kappa shape index (κ2) is 11.1. The molecule has 0 saturated heterocycles. The van der Waals surface area contributed by atoms with Crippen LogP contribution in [0.1, 0.15) is 17.5 Å². The van der Waals surface area contributed by atoms with E-state index in [0.29, 0.717) is 5.56 Å². The van der Waals surface area contributed by atoms with Crippen LogP contribution in [0.5, 0.6) is 5.75 Å². The summed E-state index contributed by atoms with van der Waals surface area (Å²) in [6.07, 6.45) is 0.610. The normalized spacial score (nSPS) is 10.6. The van der Waals surface area contributed by atoms with Crippen molar-refractivity contribution in [1.82, 2.24) is 5.43 Å². The molecule has 0 radical (unpaired) electrons. The maximum Gasteiger partial charge on any atom is 0.311 e. The summed E-state index contributed by atoms with van der Waals surface area (Å²) in [4.78, 5) is 34.5. The highest BCUT2D eigenvalue weighted by Gasteiger charge is 2.16. The van der Waals surface area contributed by atoms with E-state index >= 15 is 0 Å². The topological polar surface area (TPSA) is 123 Å². The Balaban J connectivity index is 1.56. The predicted molar refractivity (Wildman–Crippen MR) is 119 cm³/mol. The number of carbonyl (C=O) groups is 2. The average Bonchev–Trinajstić information content (AvgIpc) is 2.80. The summed E-state index contributed by atoms with van der Waals surface area (Å²) in [5.74, 6) is -1.99. The molecule has 3 aromatic carbocycles. The molecule has 0 fully saturated rings. The molecule has 0 atom stereocenters. The van der Waals surface area contributed by atoms with Crippen LogP contribution in [0.4, 0.5) is 15.8 Å². The second-order valence-corrected chi connectivity index (χ2v) is 6.76. The zero-order chi connectivity index (χ0) is 23.6. The molecule has 0 aliphatic heterocycles. The number of ether oxygens (including phenoxy) is 1. The first-order valence-electron chi connectivity index (χ1n) is 9.74. The number of carbonyl (C=O) groups excluding carboxylic acids is 2. The smallest absolute Gasteiger partial charge is 0.311 e. The van der Waals surface area contributed by atoms with Gasteiger partial charge in [0.05, 0.1) is 16.8 Å². The molecule has 0 saturated carbocycles. The quantitative estimate of drug-likeness (QED) is 0.222. The third kappa shape index (κ3) is 6.96. The molecule has 0 spiro atoms.